The molecule has 0 saturated heterocycles. The lowest BCUT2D eigenvalue weighted by molar-refractivity contribution is -0.121. The van der Waals surface area contributed by atoms with E-state index >= 15 is 0 Å². The Morgan fingerprint density at radius 2 is 1.83 bits per heavy atom. The van der Waals surface area contributed by atoms with Gasteiger partial charge in [-0.1, -0.05) is 12.1 Å². The number of amides is 1. The third-order valence-electron chi connectivity index (χ3n) is 3.86. The van der Waals surface area contributed by atoms with Crippen LogP contribution in [0.3, 0.4) is 0 Å². The lowest BCUT2D eigenvalue weighted by atomic mass is 10.1. The van der Waals surface area contributed by atoms with Crippen molar-refractivity contribution in [3.63, 3.8) is 0 Å². The van der Waals surface area contributed by atoms with Crippen LogP contribution in [-0.4, -0.2) is 31.3 Å². The van der Waals surface area contributed by atoms with Gasteiger partial charge in [0.25, 0.3) is 0 Å². The largest absolute Gasteiger partial charge is 0.356 e. The summed E-state index contributed by atoms with van der Waals surface area (Å²) in [5, 5.41) is 5.96. The number of Topliss-reactive ketones (excluding diaryl/α,β-unsaturated/α-hetero) is 1. The van der Waals surface area contributed by atoms with Crippen LogP contribution in [0.25, 0.3) is 0 Å². The van der Waals surface area contributed by atoms with Gasteiger partial charge in [-0.05, 0) is 86.4 Å². The average Bonchev–Trinajstić information content (AvgIpc) is 2.52. The van der Waals surface area contributed by atoms with Crippen molar-refractivity contribution in [3.8, 4) is 0 Å². The van der Waals surface area contributed by atoms with Gasteiger partial charge in [0.15, 0.2) is 0 Å². The summed E-state index contributed by atoms with van der Waals surface area (Å²) in [6, 6.07) is 8.37. The standard InChI is InChI=1S/C18H27IN2O2/c1-14(22)17(20-2)7-3-4-13-21-18(23)8-5-6-15-9-11-16(19)12-10-15/h9-12,17,20H,3-8,13H2,1-2H3,(H,21,23)/t17-/m1/s1. The average molecular weight is 430 g/mol. The molecular formula is C18H27IN2O2. The maximum Gasteiger partial charge on any atom is 0.220 e. The molecule has 4 nitrogen and oxygen atoms in total. The molecule has 2 N–H and O–H groups in total. The number of rotatable bonds is 11. The predicted octanol–water partition coefficient (Wildman–Crippen LogP) is 3.08. The molecule has 0 radical (unpaired) electrons. The zero-order valence-corrected chi connectivity index (χ0v) is 16.2. The Labute approximate surface area is 152 Å². The molecule has 0 bridgehead atoms. The summed E-state index contributed by atoms with van der Waals surface area (Å²) in [5.74, 6) is 0.291. The summed E-state index contributed by atoms with van der Waals surface area (Å²) in [4.78, 5) is 23.0. The fraction of sp³-hybridized carbons (Fsp3) is 0.556. The zero-order chi connectivity index (χ0) is 17.1. The van der Waals surface area contributed by atoms with Gasteiger partial charge in [0.1, 0.15) is 5.78 Å². The lowest BCUT2D eigenvalue weighted by Gasteiger charge is -2.12. The van der Waals surface area contributed by atoms with E-state index in [1.807, 2.05) is 7.05 Å². The Morgan fingerprint density at radius 1 is 1.13 bits per heavy atom. The first-order chi connectivity index (χ1) is 11.0. The van der Waals surface area contributed by atoms with Crippen LogP contribution in [0.5, 0.6) is 0 Å². The summed E-state index contributed by atoms with van der Waals surface area (Å²) in [5.41, 5.74) is 1.28. The summed E-state index contributed by atoms with van der Waals surface area (Å²) in [6.07, 6.45) is 5.06. The van der Waals surface area contributed by atoms with E-state index in [9.17, 15) is 9.59 Å². The van der Waals surface area contributed by atoms with Crippen molar-refractivity contribution in [1.29, 1.82) is 0 Å². The van der Waals surface area contributed by atoms with E-state index in [1.54, 1.807) is 6.92 Å². The molecule has 1 aromatic rings. The van der Waals surface area contributed by atoms with Crippen LogP contribution >= 0.6 is 22.6 Å². The highest BCUT2D eigenvalue weighted by Gasteiger charge is 2.10. The van der Waals surface area contributed by atoms with Crippen molar-refractivity contribution in [2.24, 2.45) is 0 Å². The molecule has 0 saturated carbocycles. The van der Waals surface area contributed by atoms with Gasteiger partial charge in [-0.3, -0.25) is 9.59 Å². The molecule has 23 heavy (non-hydrogen) atoms. The third kappa shape index (κ3) is 9.05. The van der Waals surface area contributed by atoms with Crippen LogP contribution in [0.1, 0.15) is 44.6 Å². The molecule has 0 aliphatic carbocycles. The summed E-state index contributed by atoms with van der Waals surface area (Å²) >= 11 is 2.29. The Bertz CT molecular complexity index is 488. The van der Waals surface area contributed by atoms with E-state index in [2.05, 4.69) is 57.5 Å². The van der Waals surface area contributed by atoms with E-state index in [-0.39, 0.29) is 17.7 Å². The molecule has 0 unspecified atom stereocenters. The molecule has 1 amide bonds. The first kappa shape index (κ1) is 20.1. The number of aryl methyl sites for hydroxylation is 1. The fourth-order valence-corrected chi connectivity index (χ4v) is 2.80. The van der Waals surface area contributed by atoms with Gasteiger partial charge in [-0.2, -0.15) is 0 Å². The quantitative estimate of drug-likeness (QED) is 0.419. The smallest absolute Gasteiger partial charge is 0.220 e. The molecule has 128 valence electrons. The van der Waals surface area contributed by atoms with Crippen molar-refractivity contribution in [1.82, 2.24) is 10.6 Å². The fourth-order valence-electron chi connectivity index (χ4n) is 2.44. The third-order valence-corrected chi connectivity index (χ3v) is 4.58. The van der Waals surface area contributed by atoms with E-state index in [0.717, 1.165) is 32.1 Å². The number of carbonyl (C=O) groups is 2. The van der Waals surface area contributed by atoms with Gasteiger partial charge < -0.3 is 10.6 Å². The van der Waals surface area contributed by atoms with E-state index in [4.69, 9.17) is 0 Å². The molecule has 0 heterocycles. The number of halogens is 1. The van der Waals surface area contributed by atoms with Gasteiger partial charge in [0, 0.05) is 16.5 Å². The second-order valence-electron chi connectivity index (χ2n) is 5.78. The Kier molecular flexibility index (Phi) is 10.1. The number of hydrogen-bond donors (Lipinski definition) is 2. The molecule has 5 heteroatoms. The molecule has 0 spiro atoms. The number of ketones is 1. The van der Waals surface area contributed by atoms with E-state index in [1.165, 1.54) is 9.13 Å². The van der Waals surface area contributed by atoms with Crippen molar-refractivity contribution in [3.05, 3.63) is 33.4 Å². The van der Waals surface area contributed by atoms with Crippen LogP contribution < -0.4 is 10.6 Å². The second-order valence-corrected chi connectivity index (χ2v) is 7.02. The summed E-state index contributed by atoms with van der Waals surface area (Å²) in [7, 11) is 1.81. The monoisotopic (exact) mass is 430 g/mol. The number of unbranched alkanes of at least 4 members (excludes halogenated alkanes) is 1. The number of carbonyl (C=O) groups excluding carboxylic acids is 2. The van der Waals surface area contributed by atoms with Crippen molar-refractivity contribution in [2.75, 3.05) is 13.6 Å². The molecule has 1 aromatic carbocycles. The first-order valence-electron chi connectivity index (χ1n) is 8.21. The number of likely N-dealkylation sites (N-methyl/N-ethyl adjacent to an activating group) is 1. The zero-order valence-electron chi connectivity index (χ0n) is 14.0. The van der Waals surface area contributed by atoms with Crippen LogP contribution in [0.2, 0.25) is 0 Å². The van der Waals surface area contributed by atoms with Gasteiger partial charge >= 0.3 is 0 Å². The number of nitrogens with one attached hydrogen (secondary N) is 2. The maximum absolute atomic E-state index is 11.8. The minimum absolute atomic E-state index is 0.0559. The van der Waals surface area contributed by atoms with Crippen molar-refractivity contribution < 1.29 is 9.59 Å². The molecule has 1 atom stereocenters. The molecule has 0 aliphatic rings. The normalized spacial score (nSPS) is 12.0. The Morgan fingerprint density at radius 3 is 2.43 bits per heavy atom. The maximum atomic E-state index is 11.8. The minimum Gasteiger partial charge on any atom is -0.356 e. The van der Waals surface area contributed by atoms with Crippen LogP contribution in [0.15, 0.2) is 24.3 Å². The highest BCUT2D eigenvalue weighted by atomic mass is 127. The van der Waals surface area contributed by atoms with Crippen molar-refractivity contribution >= 4 is 34.3 Å². The van der Waals surface area contributed by atoms with Crippen molar-refractivity contribution in [2.45, 2.75) is 51.5 Å². The van der Waals surface area contributed by atoms with E-state index in [0.29, 0.717) is 13.0 Å². The Balaban J connectivity index is 2.06. The lowest BCUT2D eigenvalue weighted by Crippen LogP contribution is -2.32. The number of benzene rings is 1. The van der Waals surface area contributed by atoms with Crippen LogP contribution in [0.4, 0.5) is 0 Å². The van der Waals surface area contributed by atoms with Gasteiger partial charge in [-0.25, -0.2) is 0 Å². The summed E-state index contributed by atoms with van der Waals surface area (Å²) < 4.78 is 1.23. The highest BCUT2D eigenvalue weighted by molar-refractivity contribution is 14.1. The first-order valence-corrected chi connectivity index (χ1v) is 9.29. The molecule has 1 rings (SSSR count). The molecule has 0 aromatic heterocycles. The molecule has 0 aliphatic heterocycles. The minimum atomic E-state index is -0.0559. The van der Waals surface area contributed by atoms with Gasteiger partial charge in [0.05, 0.1) is 6.04 Å². The molecule has 0 fully saturated rings. The topological polar surface area (TPSA) is 58.2 Å². The van der Waals surface area contributed by atoms with Gasteiger partial charge in [-0.15, -0.1) is 0 Å². The van der Waals surface area contributed by atoms with E-state index < -0.39 is 0 Å². The SMILES string of the molecule is CN[C@H](CCCCNC(=O)CCCc1ccc(I)cc1)C(C)=O. The van der Waals surface area contributed by atoms with Gasteiger partial charge in [0.2, 0.25) is 5.91 Å². The van der Waals surface area contributed by atoms with Crippen LogP contribution in [0, 0.1) is 3.57 Å². The Hall–Kier alpha value is -0.950. The number of hydrogen-bond acceptors (Lipinski definition) is 3. The molecular weight excluding hydrogens is 403 g/mol. The predicted molar refractivity (Wildman–Crippen MR) is 102 cm³/mol. The highest BCUT2D eigenvalue weighted by Crippen LogP contribution is 2.09. The second kappa shape index (κ2) is 11.6. The van der Waals surface area contributed by atoms with Crippen LogP contribution in [-0.2, 0) is 16.0 Å². The summed E-state index contributed by atoms with van der Waals surface area (Å²) in [6.45, 7) is 2.30.